The molecule has 5 nitrogen and oxygen atoms in total. The predicted octanol–water partition coefficient (Wildman–Crippen LogP) is 0.144. The molecule has 1 aromatic heterocycles. The minimum absolute atomic E-state index is 0.222. The normalized spacial score (nSPS) is 25.8. The zero-order chi connectivity index (χ0) is 11.7. The van der Waals surface area contributed by atoms with Crippen LogP contribution in [-0.4, -0.2) is 30.2 Å². The Morgan fingerprint density at radius 3 is 2.56 bits per heavy atom. The minimum Gasteiger partial charge on any atom is -0.394 e. The quantitative estimate of drug-likeness (QED) is 0.632. The maximum atomic E-state index is 11.2. The van der Waals surface area contributed by atoms with Crippen LogP contribution in [0.5, 0.6) is 0 Å². The van der Waals surface area contributed by atoms with Gasteiger partial charge < -0.3 is 20.9 Å². The summed E-state index contributed by atoms with van der Waals surface area (Å²) in [5, 5.41) is 3.46. The molecule has 88 valence electrons. The van der Waals surface area contributed by atoms with E-state index in [1.165, 1.54) is 0 Å². The first-order valence-electron chi connectivity index (χ1n) is 5.55. The fourth-order valence-electron chi connectivity index (χ4n) is 2.21. The number of hydrogen-bond donors (Lipinski definition) is 3. The van der Waals surface area contributed by atoms with E-state index in [9.17, 15) is 4.79 Å². The van der Waals surface area contributed by atoms with E-state index in [1.807, 2.05) is 0 Å². The maximum absolute atomic E-state index is 11.2. The Balaban J connectivity index is 2.23. The van der Waals surface area contributed by atoms with E-state index in [0.29, 0.717) is 12.1 Å². The van der Waals surface area contributed by atoms with Crippen molar-refractivity contribution in [3.05, 3.63) is 22.6 Å². The number of aromatic amines is 1. The highest BCUT2D eigenvalue weighted by molar-refractivity contribution is 5.53. The van der Waals surface area contributed by atoms with E-state index in [1.54, 1.807) is 12.3 Å². The van der Waals surface area contributed by atoms with Gasteiger partial charge in [-0.15, -0.1) is 0 Å². The van der Waals surface area contributed by atoms with Gasteiger partial charge >= 0.3 is 0 Å². The molecule has 2 rings (SSSR count). The van der Waals surface area contributed by atoms with Crippen LogP contribution in [0.1, 0.15) is 13.8 Å². The molecule has 16 heavy (non-hydrogen) atoms. The number of nitrogen functional groups attached to an aromatic ring is 1. The molecule has 0 aromatic carbocycles. The first kappa shape index (κ1) is 11.0. The molecule has 2 heterocycles. The number of hydrogen-bond acceptors (Lipinski definition) is 4. The van der Waals surface area contributed by atoms with Crippen LogP contribution in [0.15, 0.2) is 17.1 Å². The van der Waals surface area contributed by atoms with Crippen LogP contribution >= 0.6 is 0 Å². The fraction of sp³-hybridized carbons (Fsp3) is 0.545. The number of nitrogens with two attached hydrogens (primary N) is 1. The third kappa shape index (κ3) is 2.19. The van der Waals surface area contributed by atoms with Crippen molar-refractivity contribution in [3.63, 3.8) is 0 Å². The van der Waals surface area contributed by atoms with Crippen LogP contribution in [0, 0.1) is 0 Å². The molecule has 1 aromatic rings. The highest BCUT2D eigenvalue weighted by Crippen LogP contribution is 2.17. The number of nitrogens with one attached hydrogen (secondary N) is 2. The molecule has 0 radical (unpaired) electrons. The van der Waals surface area contributed by atoms with Gasteiger partial charge in [0, 0.05) is 31.4 Å². The summed E-state index contributed by atoms with van der Waals surface area (Å²) in [7, 11) is 0. The van der Waals surface area contributed by atoms with Crippen molar-refractivity contribution >= 4 is 11.4 Å². The first-order valence-corrected chi connectivity index (χ1v) is 5.55. The molecular formula is C11H18N4O. The Bertz CT molecular complexity index is 418. The number of anilines is 2. The van der Waals surface area contributed by atoms with Gasteiger partial charge in [-0.1, -0.05) is 0 Å². The largest absolute Gasteiger partial charge is 0.394 e. The van der Waals surface area contributed by atoms with Gasteiger partial charge in [0.2, 0.25) is 0 Å². The minimum atomic E-state index is -0.222. The number of rotatable bonds is 1. The zero-order valence-corrected chi connectivity index (χ0v) is 9.66. The zero-order valence-electron chi connectivity index (χ0n) is 9.66. The standard InChI is InChI=1S/C11H18N4O/c1-7-5-15(6-8(2)14-7)9-3-10(12)11(16)13-4-9/h3-4,7-8,14H,5-6,12H2,1-2H3,(H,13,16)/t7-,8+. The SMILES string of the molecule is C[C@@H]1CN(c2c[nH]c(=O)c(N)c2)C[C@H](C)N1. The summed E-state index contributed by atoms with van der Waals surface area (Å²) in [5.74, 6) is 0. The second-order valence-corrected chi connectivity index (χ2v) is 4.52. The summed E-state index contributed by atoms with van der Waals surface area (Å²) in [6.07, 6.45) is 1.73. The molecule has 1 aliphatic rings. The van der Waals surface area contributed by atoms with Crippen molar-refractivity contribution < 1.29 is 0 Å². The van der Waals surface area contributed by atoms with Gasteiger partial charge in [0.25, 0.3) is 5.56 Å². The molecule has 1 saturated heterocycles. The van der Waals surface area contributed by atoms with Gasteiger partial charge in [0.1, 0.15) is 0 Å². The summed E-state index contributed by atoms with van der Waals surface area (Å²) in [4.78, 5) is 16.1. The molecule has 0 aliphatic carbocycles. The smallest absolute Gasteiger partial charge is 0.271 e. The molecule has 1 aliphatic heterocycles. The van der Waals surface area contributed by atoms with Gasteiger partial charge in [-0.3, -0.25) is 4.79 Å². The number of nitrogens with zero attached hydrogens (tertiary/aromatic N) is 1. The van der Waals surface area contributed by atoms with E-state index >= 15 is 0 Å². The lowest BCUT2D eigenvalue weighted by Crippen LogP contribution is -2.54. The topological polar surface area (TPSA) is 74.2 Å². The van der Waals surface area contributed by atoms with Crippen molar-refractivity contribution in [3.8, 4) is 0 Å². The molecule has 4 N–H and O–H groups in total. The average Bonchev–Trinajstić information content (AvgIpc) is 2.20. The predicted molar refractivity (Wildman–Crippen MR) is 65.7 cm³/mol. The van der Waals surface area contributed by atoms with E-state index in [4.69, 9.17) is 5.73 Å². The van der Waals surface area contributed by atoms with E-state index in [2.05, 4.69) is 29.0 Å². The van der Waals surface area contributed by atoms with E-state index < -0.39 is 0 Å². The number of aromatic nitrogens is 1. The lowest BCUT2D eigenvalue weighted by Gasteiger charge is -2.37. The van der Waals surface area contributed by atoms with Gasteiger partial charge in [-0.25, -0.2) is 0 Å². The molecule has 2 atom stereocenters. The van der Waals surface area contributed by atoms with Crippen molar-refractivity contribution in [2.24, 2.45) is 0 Å². The summed E-state index contributed by atoms with van der Waals surface area (Å²) < 4.78 is 0. The third-order valence-corrected chi connectivity index (χ3v) is 2.84. The molecule has 0 unspecified atom stereocenters. The Hall–Kier alpha value is -1.49. The van der Waals surface area contributed by atoms with Gasteiger partial charge in [-0.05, 0) is 19.9 Å². The number of H-pyrrole nitrogens is 1. The second-order valence-electron chi connectivity index (χ2n) is 4.52. The van der Waals surface area contributed by atoms with Crippen molar-refractivity contribution in [2.75, 3.05) is 23.7 Å². The number of piperazine rings is 1. The highest BCUT2D eigenvalue weighted by Gasteiger charge is 2.21. The number of pyridine rings is 1. The summed E-state index contributed by atoms with van der Waals surface area (Å²) in [5.41, 5.74) is 6.65. The molecule has 0 spiro atoms. The Morgan fingerprint density at radius 2 is 2.00 bits per heavy atom. The van der Waals surface area contributed by atoms with E-state index in [0.717, 1.165) is 18.8 Å². The first-order chi connectivity index (χ1) is 7.56. The lowest BCUT2D eigenvalue weighted by molar-refractivity contribution is 0.407. The van der Waals surface area contributed by atoms with Crippen LogP contribution in [-0.2, 0) is 0 Å². The molecule has 0 amide bonds. The Kier molecular flexibility index (Phi) is 2.87. The molecule has 0 bridgehead atoms. The van der Waals surface area contributed by atoms with Gasteiger partial charge in [0.15, 0.2) is 0 Å². The van der Waals surface area contributed by atoms with Crippen molar-refractivity contribution in [2.45, 2.75) is 25.9 Å². The summed E-state index contributed by atoms with van der Waals surface area (Å²) >= 11 is 0. The van der Waals surface area contributed by atoms with Gasteiger partial charge in [-0.2, -0.15) is 0 Å². The Labute approximate surface area is 94.6 Å². The van der Waals surface area contributed by atoms with Crippen LogP contribution in [0.2, 0.25) is 0 Å². The fourth-order valence-corrected chi connectivity index (χ4v) is 2.21. The maximum Gasteiger partial charge on any atom is 0.271 e. The molecule has 5 heteroatoms. The van der Waals surface area contributed by atoms with E-state index in [-0.39, 0.29) is 11.2 Å². The molecule has 1 fully saturated rings. The van der Waals surface area contributed by atoms with Crippen LogP contribution in [0.25, 0.3) is 0 Å². The van der Waals surface area contributed by atoms with Crippen molar-refractivity contribution in [1.29, 1.82) is 0 Å². The van der Waals surface area contributed by atoms with Crippen LogP contribution < -0.4 is 21.5 Å². The Morgan fingerprint density at radius 1 is 1.38 bits per heavy atom. The summed E-state index contributed by atoms with van der Waals surface area (Å²) in [6.45, 7) is 6.15. The van der Waals surface area contributed by atoms with Crippen LogP contribution in [0.3, 0.4) is 0 Å². The third-order valence-electron chi connectivity index (χ3n) is 2.84. The second kappa shape index (κ2) is 4.17. The summed E-state index contributed by atoms with van der Waals surface area (Å²) in [6, 6.07) is 2.62. The monoisotopic (exact) mass is 222 g/mol. The van der Waals surface area contributed by atoms with Gasteiger partial charge in [0.05, 0.1) is 11.4 Å². The van der Waals surface area contributed by atoms with Crippen molar-refractivity contribution in [1.82, 2.24) is 10.3 Å². The highest BCUT2D eigenvalue weighted by atomic mass is 16.1. The molecule has 0 saturated carbocycles. The lowest BCUT2D eigenvalue weighted by atomic mass is 10.1. The van der Waals surface area contributed by atoms with Crippen LogP contribution in [0.4, 0.5) is 11.4 Å². The average molecular weight is 222 g/mol. The molecular weight excluding hydrogens is 204 g/mol.